The van der Waals surface area contributed by atoms with Crippen LogP contribution in [0.2, 0.25) is 0 Å². The fourth-order valence-electron chi connectivity index (χ4n) is 2.81. The van der Waals surface area contributed by atoms with E-state index in [1.54, 1.807) is 24.3 Å². The highest BCUT2D eigenvalue weighted by atomic mass is 32.2. The first-order valence-electron chi connectivity index (χ1n) is 7.94. The molecule has 4 nitrogen and oxygen atoms in total. The van der Waals surface area contributed by atoms with E-state index in [9.17, 15) is 8.42 Å². The van der Waals surface area contributed by atoms with Crippen LogP contribution in [0.3, 0.4) is 0 Å². The van der Waals surface area contributed by atoms with Crippen molar-refractivity contribution in [3.63, 3.8) is 0 Å². The maximum absolute atomic E-state index is 12.4. The standard InChI is InChI=1S/C18H22N2O2S/c1-15-4-10-18(11-5-15)23(21,22)19-17-8-6-16(7-9-17)14-20-12-2-3-13-20/h4-11,19H,2-3,12-14H2,1H3. The van der Waals surface area contributed by atoms with Crippen LogP contribution in [0.25, 0.3) is 0 Å². The number of hydrogen-bond acceptors (Lipinski definition) is 3. The highest BCUT2D eigenvalue weighted by Gasteiger charge is 2.14. The van der Waals surface area contributed by atoms with Crippen LogP contribution in [0, 0.1) is 6.92 Å². The lowest BCUT2D eigenvalue weighted by atomic mass is 10.2. The van der Waals surface area contributed by atoms with Gasteiger partial charge in [0, 0.05) is 12.2 Å². The van der Waals surface area contributed by atoms with Gasteiger partial charge in [-0.3, -0.25) is 9.62 Å². The molecule has 3 rings (SSSR count). The summed E-state index contributed by atoms with van der Waals surface area (Å²) in [6.45, 7) is 5.18. The molecular weight excluding hydrogens is 308 g/mol. The van der Waals surface area contributed by atoms with Crippen LogP contribution >= 0.6 is 0 Å². The summed E-state index contributed by atoms with van der Waals surface area (Å²) in [5.74, 6) is 0. The van der Waals surface area contributed by atoms with Gasteiger partial charge in [0.2, 0.25) is 0 Å². The third-order valence-corrected chi connectivity index (χ3v) is 5.54. The molecule has 1 heterocycles. The molecule has 122 valence electrons. The Morgan fingerprint density at radius 1 is 0.957 bits per heavy atom. The van der Waals surface area contributed by atoms with Gasteiger partial charge in [-0.2, -0.15) is 0 Å². The van der Waals surface area contributed by atoms with E-state index in [4.69, 9.17) is 0 Å². The van der Waals surface area contributed by atoms with Crippen molar-refractivity contribution in [2.24, 2.45) is 0 Å². The Morgan fingerprint density at radius 2 is 1.57 bits per heavy atom. The molecule has 0 amide bonds. The van der Waals surface area contributed by atoms with Gasteiger partial charge in [-0.05, 0) is 62.7 Å². The minimum atomic E-state index is -3.53. The van der Waals surface area contributed by atoms with E-state index in [1.807, 2.05) is 31.2 Å². The van der Waals surface area contributed by atoms with Crippen LogP contribution < -0.4 is 4.72 Å². The van der Waals surface area contributed by atoms with E-state index in [-0.39, 0.29) is 4.90 Å². The Hall–Kier alpha value is -1.85. The monoisotopic (exact) mass is 330 g/mol. The van der Waals surface area contributed by atoms with Crippen LogP contribution in [0.1, 0.15) is 24.0 Å². The third-order valence-electron chi connectivity index (χ3n) is 4.14. The van der Waals surface area contributed by atoms with Crippen LogP contribution in [-0.4, -0.2) is 26.4 Å². The molecule has 1 aliphatic rings. The van der Waals surface area contributed by atoms with Gasteiger partial charge in [0.15, 0.2) is 0 Å². The smallest absolute Gasteiger partial charge is 0.261 e. The van der Waals surface area contributed by atoms with E-state index < -0.39 is 10.0 Å². The quantitative estimate of drug-likeness (QED) is 0.914. The van der Waals surface area contributed by atoms with Crippen molar-refractivity contribution in [3.8, 4) is 0 Å². The first-order valence-corrected chi connectivity index (χ1v) is 9.42. The maximum atomic E-state index is 12.4. The molecule has 0 radical (unpaired) electrons. The number of sulfonamides is 1. The predicted molar refractivity (Wildman–Crippen MR) is 92.9 cm³/mol. The van der Waals surface area contributed by atoms with Crippen molar-refractivity contribution >= 4 is 15.7 Å². The molecule has 0 spiro atoms. The third kappa shape index (κ3) is 4.12. The summed E-state index contributed by atoms with van der Waals surface area (Å²) in [6, 6.07) is 14.5. The summed E-state index contributed by atoms with van der Waals surface area (Å²) in [6.07, 6.45) is 2.54. The molecule has 2 aromatic carbocycles. The number of anilines is 1. The molecule has 0 aliphatic carbocycles. The van der Waals surface area contributed by atoms with E-state index in [2.05, 4.69) is 9.62 Å². The van der Waals surface area contributed by atoms with Crippen LogP contribution in [0.4, 0.5) is 5.69 Å². The Balaban J connectivity index is 1.68. The molecule has 1 fully saturated rings. The zero-order chi connectivity index (χ0) is 16.3. The average molecular weight is 330 g/mol. The zero-order valence-corrected chi connectivity index (χ0v) is 14.1. The summed E-state index contributed by atoms with van der Waals surface area (Å²) in [5.41, 5.74) is 2.84. The fourth-order valence-corrected chi connectivity index (χ4v) is 3.87. The number of nitrogens with zero attached hydrogens (tertiary/aromatic N) is 1. The first-order chi connectivity index (χ1) is 11.0. The Labute approximate surface area is 138 Å². The highest BCUT2D eigenvalue weighted by Crippen LogP contribution is 2.19. The number of likely N-dealkylation sites (tertiary alicyclic amines) is 1. The molecule has 1 saturated heterocycles. The lowest BCUT2D eigenvalue weighted by Crippen LogP contribution is -2.18. The van der Waals surface area contributed by atoms with Gasteiger partial charge in [-0.15, -0.1) is 0 Å². The molecule has 0 aromatic heterocycles. The van der Waals surface area contributed by atoms with Gasteiger partial charge in [0.1, 0.15) is 0 Å². The first kappa shape index (κ1) is 16.0. The second-order valence-electron chi connectivity index (χ2n) is 6.10. The predicted octanol–water partition coefficient (Wildman–Crippen LogP) is 3.39. The molecule has 0 saturated carbocycles. The lowest BCUT2D eigenvalue weighted by molar-refractivity contribution is 0.331. The average Bonchev–Trinajstić information content (AvgIpc) is 3.02. The molecule has 0 unspecified atom stereocenters. The van der Waals surface area contributed by atoms with Gasteiger partial charge in [-0.1, -0.05) is 29.8 Å². The minimum Gasteiger partial charge on any atom is -0.299 e. The molecule has 5 heteroatoms. The summed E-state index contributed by atoms with van der Waals surface area (Å²) in [5, 5.41) is 0. The second kappa shape index (κ2) is 6.72. The van der Waals surface area contributed by atoms with Gasteiger partial charge in [-0.25, -0.2) is 8.42 Å². The van der Waals surface area contributed by atoms with Crippen molar-refractivity contribution < 1.29 is 8.42 Å². The van der Waals surface area contributed by atoms with E-state index >= 15 is 0 Å². The van der Waals surface area contributed by atoms with Gasteiger partial charge < -0.3 is 0 Å². The minimum absolute atomic E-state index is 0.282. The lowest BCUT2D eigenvalue weighted by Gasteiger charge is -2.15. The van der Waals surface area contributed by atoms with Gasteiger partial charge in [0.25, 0.3) is 10.0 Å². The topological polar surface area (TPSA) is 49.4 Å². The van der Waals surface area contributed by atoms with Crippen LogP contribution in [-0.2, 0) is 16.6 Å². The van der Waals surface area contributed by atoms with Crippen LogP contribution in [0.15, 0.2) is 53.4 Å². The number of benzene rings is 2. The summed E-state index contributed by atoms with van der Waals surface area (Å²) >= 11 is 0. The highest BCUT2D eigenvalue weighted by molar-refractivity contribution is 7.92. The van der Waals surface area contributed by atoms with E-state index in [0.29, 0.717) is 5.69 Å². The SMILES string of the molecule is Cc1ccc(S(=O)(=O)Nc2ccc(CN3CCCC3)cc2)cc1. The van der Waals surface area contributed by atoms with Gasteiger partial charge in [0.05, 0.1) is 4.90 Å². The summed E-state index contributed by atoms with van der Waals surface area (Å²) in [4.78, 5) is 2.70. The number of hydrogen-bond donors (Lipinski definition) is 1. The fraction of sp³-hybridized carbons (Fsp3) is 0.333. The number of aryl methyl sites for hydroxylation is 1. The normalized spacial score (nSPS) is 15.7. The molecule has 2 aromatic rings. The number of nitrogens with one attached hydrogen (secondary N) is 1. The molecule has 0 atom stereocenters. The summed E-state index contributed by atoms with van der Waals surface area (Å²) in [7, 11) is -3.53. The molecule has 1 N–H and O–H groups in total. The Kier molecular flexibility index (Phi) is 4.68. The van der Waals surface area contributed by atoms with Crippen molar-refractivity contribution in [3.05, 3.63) is 59.7 Å². The molecule has 23 heavy (non-hydrogen) atoms. The van der Waals surface area contributed by atoms with Crippen molar-refractivity contribution in [2.45, 2.75) is 31.2 Å². The largest absolute Gasteiger partial charge is 0.299 e. The Morgan fingerprint density at radius 3 is 2.17 bits per heavy atom. The van der Waals surface area contributed by atoms with Crippen LogP contribution in [0.5, 0.6) is 0 Å². The second-order valence-corrected chi connectivity index (χ2v) is 7.78. The maximum Gasteiger partial charge on any atom is 0.261 e. The van der Waals surface area contributed by atoms with E-state index in [0.717, 1.165) is 25.2 Å². The van der Waals surface area contributed by atoms with Crippen molar-refractivity contribution in [1.29, 1.82) is 0 Å². The molecule has 1 aliphatic heterocycles. The molecular formula is C18H22N2O2S. The molecule has 0 bridgehead atoms. The summed E-state index contributed by atoms with van der Waals surface area (Å²) < 4.78 is 27.3. The van der Waals surface area contributed by atoms with Crippen molar-refractivity contribution in [2.75, 3.05) is 17.8 Å². The van der Waals surface area contributed by atoms with Crippen molar-refractivity contribution in [1.82, 2.24) is 4.90 Å². The Bertz CT molecular complexity index is 747. The zero-order valence-electron chi connectivity index (χ0n) is 13.3. The van der Waals surface area contributed by atoms with E-state index in [1.165, 1.54) is 18.4 Å². The number of rotatable bonds is 5. The van der Waals surface area contributed by atoms with Gasteiger partial charge >= 0.3 is 0 Å².